The number of thiazole rings is 1. The van der Waals surface area contributed by atoms with Gasteiger partial charge in [-0.25, -0.2) is 9.97 Å². The van der Waals surface area contributed by atoms with Crippen LogP contribution in [0.5, 0.6) is 0 Å². The van der Waals surface area contributed by atoms with E-state index < -0.39 is 5.60 Å². The fourth-order valence-corrected chi connectivity index (χ4v) is 6.58. The van der Waals surface area contributed by atoms with Crippen LogP contribution in [0.1, 0.15) is 68.4 Å². The first-order valence-corrected chi connectivity index (χ1v) is 13.6. The Morgan fingerprint density at radius 2 is 1.87 bits per heavy atom. The van der Waals surface area contributed by atoms with E-state index in [1.807, 2.05) is 22.4 Å². The molecular weight excluding hydrogens is 502 g/mol. The minimum Gasteiger partial charge on any atom is -0.383 e. The van der Waals surface area contributed by atoms with Crippen LogP contribution in [0.2, 0.25) is 0 Å². The summed E-state index contributed by atoms with van der Waals surface area (Å²) in [6.07, 6.45) is 8.27. The molecule has 11 heteroatoms. The van der Waals surface area contributed by atoms with E-state index in [2.05, 4.69) is 15.1 Å². The number of nitrogen functional groups attached to an aromatic ring is 1. The van der Waals surface area contributed by atoms with Gasteiger partial charge in [0.25, 0.3) is 5.91 Å². The molecule has 10 nitrogen and oxygen atoms in total. The van der Waals surface area contributed by atoms with E-state index in [9.17, 15) is 14.7 Å². The molecule has 0 radical (unpaired) electrons. The lowest BCUT2D eigenvalue weighted by Crippen LogP contribution is -2.53. The second-order valence-corrected chi connectivity index (χ2v) is 11.6. The van der Waals surface area contributed by atoms with Crippen LogP contribution < -0.4 is 5.73 Å². The lowest BCUT2D eigenvalue weighted by Gasteiger charge is -2.41. The van der Waals surface area contributed by atoms with Gasteiger partial charge in [0.1, 0.15) is 16.4 Å². The van der Waals surface area contributed by atoms with Gasteiger partial charge in [-0.2, -0.15) is 9.61 Å². The Balaban J connectivity index is 1.40. The van der Waals surface area contributed by atoms with Crippen molar-refractivity contribution in [3.05, 3.63) is 47.4 Å². The number of fused-ring (bicyclic) bond motifs is 3. The van der Waals surface area contributed by atoms with Crippen molar-refractivity contribution in [2.24, 2.45) is 0 Å². The van der Waals surface area contributed by atoms with Gasteiger partial charge < -0.3 is 15.7 Å². The lowest BCUT2D eigenvalue weighted by molar-refractivity contribution is -0.152. The number of amides is 1. The third-order valence-corrected chi connectivity index (χ3v) is 8.46. The zero-order chi connectivity index (χ0) is 26.8. The first-order valence-electron chi connectivity index (χ1n) is 12.7. The van der Waals surface area contributed by atoms with Gasteiger partial charge >= 0.3 is 0 Å². The highest BCUT2D eigenvalue weighted by molar-refractivity contribution is 7.13. The Kier molecular flexibility index (Phi) is 5.80. The van der Waals surface area contributed by atoms with Crippen molar-refractivity contribution in [2.45, 2.75) is 70.1 Å². The Morgan fingerprint density at radius 3 is 2.45 bits per heavy atom. The molecule has 2 bridgehead atoms. The van der Waals surface area contributed by atoms with Crippen molar-refractivity contribution < 1.29 is 14.7 Å². The largest absolute Gasteiger partial charge is 0.383 e. The minimum atomic E-state index is -1.42. The number of nitrogens with two attached hydrogens (primary N) is 1. The van der Waals surface area contributed by atoms with Crippen LogP contribution >= 0.6 is 11.3 Å². The normalized spacial score (nSPS) is 21.3. The number of aromatic nitrogens is 5. The van der Waals surface area contributed by atoms with Gasteiger partial charge in [0.05, 0.1) is 23.1 Å². The quantitative estimate of drug-likeness (QED) is 0.372. The van der Waals surface area contributed by atoms with Gasteiger partial charge in [0.15, 0.2) is 11.4 Å². The molecule has 0 saturated carbocycles. The van der Waals surface area contributed by atoms with Crippen molar-refractivity contribution in [3.8, 4) is 21.8 Å². The van der Waals surface area contributed by atoms with E-state index in [0.717, 1.165) is 34.7 Å². The van der Waals surface area contributed by atoms with Crippen LogP contribution in [0.25, 0.3) is 27.5 Å². The van der Waals surface area contributed by atoms with Crippen molar-refractivity contribution in [1.82, 2.24) is 29.5 Å². The van der Waals surface area contributed by atoms with Gasteiger partial charge in [0.2, 0.25) is 0 Å². The molecule has 2 saturated heterocycles. The highest BCUT2D eigenvalue weighted by atomic mass is 32.1. The smallest absolute Gasteiger partial charge is 0.254 e. The third-order valence-electron chi connectivity index (χ3n) is 7.67. The number of anilines is 1. The molecule has 6 heterocycles. The maximum Gasteiger partial charge on any atom is 0.254 e. The predicted molar refractivity (Wildman–Crippen MR) is 144 cm³/mol. The standard InChI is InChI=1S/C27H29N7O3S/c1-14(35)21-22(16-10-17-5-6-18(11-16)33(17)26(36)27(2,3)37)32-24-19(13-31-34(24)23(21)28)15-4-7-20(30-12-15)25-29-8-9-38-25/h4,7-9,12-13,16-18,37H,5-6,10-11,28H2,1-3H3/t16?,17-,18+. The number of ketones is 1. The molecule has 2 aliphatic heterocycles. The van der Waals surface area contributed by atoms with Crippen LogP contribution in [-0.2, 0) is 4.79 Å². The molecular formula is C27H29N7O3S. The number of carbonyl (C=O) groups excluding carboxylic acids is 2. The topological polar surface area (TPSA) is 140 Å². The summed E-state index contributed by atoms with van der Waals surface area (Å²) in [5.41, 5.74) is 9.12. The van der Waals surface area contributed by atoms with Crippen LogP contribution in [0.3, 0.4) is 0 Å². The summed E-state index contributed by atoms with van der Waals surface area (Å²) in [5.74, 6) is -0.193. The SMILES string of the molecule is CC(=O)c1c(C2C[C@H]3CC[C@@H](C2)N3C(=O)C(C)(C)O)nc2c(-c3ccc(-c4nccs4)nc3)cnn2c1N. The van der Waals surface area contributed by atoms with Crippen molar-refractivity contribution >= 4 is 34.5 Å². The number of nitrogens with zero attached hydrogens (tertiary/aromatic N) is 6. The third kappa shape index (κ3) is 3.97. The van der Waals surface area contributed by atoms with Crippen molar-refractivity contribution in [1.29, 1.82) is 0 Å². The molecule has 1 unspecified atom stereocenters. The lowest BCUT2D eigenvalue weighted by atomic mass is 9.84. The Morgan fingerprint density at radius 1 is 1.13 bits per heavy atom. The molecule has 4 aromatic heterocycles. The van der Waals surface area contributed by atoms with Crippen molar-refractivity contribution in [2.75, 3.05) is 5.73 Å². The van der Waals surface area contributed by atoms with Crippen molar-refractivity contribution in [3.63, 3.8) is 0 Å². The number of hydrogen-bond acceptors (Lipinski definition) is 9. The van der Waals surface area contributed by atoms with Gasteiger partial charge in [-0.15, -0.1) is 11.3 Å². The Labute approximate surface area is 223 Å². The van der Waals surface area contributed by atoms with Gasteiger partial charge in [-0.05, 0) is 52.5 Å². The number of piperidine rings is 1. The average Bonchev–Trinajstić information content (AvgIpc) is 3.61. The molecule has 2 fully saturated rings. The Bertz CT molecular complexity index is 1530. The van der Waals surface area contributed by atoms with E-state index in [4.69, 9.17) is 10.7 Å². The molecule has 2 aliphatic rings. The molecule has 0 spiro atoms. The number of pyridine rings is 1. The molecule has 3 atom stereocenters. The van der Waals surface area contributed by atoms with Crippen LogP contribution in [0.4, 0.5) is 5.82 Å². The number of hydrogen-bond donors (Lipinski definition) is 2. The summed E-state index contributed by atoms with van der Waals surface area (Å²) in [5, 5.41) is 17.6. The number of aliphatic hydroxyl groups is 1. The molecule has 38 heavy (non-hydrogen) atoms. The number of Topliss-reactive ketones (excluding diaryl/α,β-unsaturated/α-hetero) is 1. The molecule has 6 rings (SSSR count). The Hall–Kier alpha value is -3.70. The van der Waals surface area contributed by atoms with Gasteiger partial charge in [0, 0.05) is 46.9 Å². The molecule has 196 valence electrons. The summed E-state index contributed by atoms with van der Waals surface area (Å²) >= 11 is 1.53. The van der Waals surface area contributed by atoms with E-state index in [-0.39, 0.29) is 35.5 Å². The van der Waals surface area contributed by atoms with E-state index >= 15 is 0 Å². The first kappa shape index (κ1) is 24.6. The summed E-state index contributed by atoms with van der Waals surface area (Å²) in [7, 11) is 0. The summed E-state index contributed by atoms with van der Waals surface area (Å²) in [4.78, 5) is 41.5. The molecule has 1 amide bonds. The van der Waals surface area contributed by atoms with E-state index in [1.165, 1.54) is 36.6 Å². The van der Waals surface area contributed by atoms with E-state index in [0.29, 0.717) is 29.7 Å². The number of rotatable bonds is 5. The molecule has 4 aromatic rings. The van der Waals surface area contributed by atoms with E-state index in [1.54, 1.807) is 18.6 Å². The maximum atomic E-state index is 13.0. The summed E-state index contributed by atoms with van der Waals surface area (Å²) in [6, 6.07) is 3.85. The maximum absolute atomic E-state index is 13.0. The summed E-state index contributed by atoms with van der Waals surface area (Å²) in [6.45, 7) is 4.56. The number of carbonyl (C=O) groups is 2. The zero-order valence-corrected chi connectivity index (χ0v) is 22.3. The summed E-state index contributed by atoms with van der Waals surface area (Å²) < 4.78 is 1.52. The average molecular weight is 532 g/mol. The molecule has 3 N–H and O–H groups in total. The zero-order valence-electron chi connectivity index (χ0n) is 21.5. The fourth-order valence-electron chi connectivity index (χ4n) is 5.97. The highest BCUT2D eigenvalue weighted by Crippen LogP contribution is 2.45. The highest BCUT2D eigenvalue weighted by Gasteiger charge is 2.47. The fraction of sp³-hybridized carbons (Fsp3) is 0.407. The second kappa shape index (κ2) is 8.95. The monoisotopic (exact) mass is 531 g/mol. The molecule has 0 aliphatic carbocycles. The second-order valence-electron chi connectivity index (χ2n) is 10.7. The first-order chi connectivity index (χ1) is 18.1. The van der Waals surface area contributed by atoms with Crippen LogP contribution in [0.15, 0.2) is 36.1 Å². The van der Waals surface area contributed by atoms with Gasteiger partial charge in [-0.1, -0.05) is 6.07 Å². The predicted octanol–water partition coefficient (Wildman–Crippen LogP) is 3.71. The van der Waals surface area contributed by atoms with Gasteiger partial charge in [-0.3, -0.25) is 14.6 Å². The van der Waals surface area contributed by atoms with Crippen LogP contribution in [-0.4, -0.2) is 63.9 Å². The van der Waals surface area contributed by atoms with Crippen LogP contribution in [0, 0.1) is 0 Å². The molecule has 0 aromatic carbocycles. The minimum absolute atomic E-state index is 0.0104.